The number of rotatable bonds is 4. The van der Waals surface area contributed by atoms with Gasteiger partial charge in [-0.3, -0.25) is 4.68 Å². The van der Waals surface area contributed by atoms with Crippen LogP contribution in [0.1, 0.15) is 23.9 Å². The van der Waals surface area contributed by atoms with Crippen LogP contribution in [0.15, 0.2) is 18.7 Å². The summed E-state index contributed by atoms with van der Waals surface area (Å²) in [5, 5.41) is 12.2. The van der Waals surface area contributed by atoms with Crippen LogP contribution >= 0.6 is 0 Å². The Morgan fingerprint density at radius 2 is 2.10 bits per heavy atom. The van der Waals surface area contributed by atoms with Gasteiger partial charge >= 0.3 is 0 Å². The fourth-order valence-corrected chi connectivity index (χ4v) is 2.36. The molecule has 3 heterocycles. The van der Waals surface area contributed by atoms with Gasteiger partial charge in [0.15, 0.2) is 5.65 Å². The van der Waals surface area contributed by atoms with Gasteiger partial charge in [0.05, 0.1) is 12.2 Å². The normalized spacial score (nSPS) is 12.8. The Morgan fingerprint density at radius 3 is 2.81 bits per heavy atom. The van der Waals surface area contributed by atoms with Gasteiger partial charge in [-0.15, -0.1) is 0 Å². The van der Waals surface area contributed by atoms with Crippen LogP contribution in [0.5, 0.6) is 0 Å². The lowest BCUT2D eigenvalue weighted by Gasteiger charge is -2.16. The summed E-state index contributed by atoms with van der Waals surface area (Å²) in [5.41, 5.74) is 4.00. The Kier molecular flexibility index (Phi) is 3.32. The number of fused-ring (bicyclic) bond motifs is 1. The first-order valence-corrected chi connectivity index (χ1v) is 6.97. The average molecular weight is 285 g/mol. The molecule has 0 aromatic carbocycles. The molecule has 0 aliphatic carbocycles. The van der Waals surface area contributed by atoms with Crippen LogP contribution in [-0.4, -0.2) is 35.4 Å². The third-order valence-corrected chi connectivity index (χ3v) is 3.51. The van der Waals surface area contributed by atoms with Crippen LogP contribution in [0.25, 0.3) is 5.65 Å². The fourth-order valence-electron chi connectivity index (χ4n) is 2.36. The van der Waals surface area contributed by atoms with E-state index in [0.717, 1.165) is 35.0 Å². The number of nitrogens with zero attached hydrogens (tertiary/aromatic N) is 6. The highest BCUT2D eigenvalue weighted by Crippen LogP contribution is 2.18. The molecule has 7 nitrogen and oxygen atoms in total. The molecule has 0 saturated heterocycles. The Morgan fingerprint density at radius 1 is 1.29 bits per heavy atom. The molecule has 1 unspecified atom stereocenters. The minimum absolute atomic E-state index is 0.196. The molecule has 1 N–H and O–H groups in total. The summed E-state index contributed by atoms with van der Waals surface area (Å²) < 4.78 is 3.68. The van der Waals surface area contributed by atoms with Crippen molar-refractivity contribution < 1.29 is 0 Å². The molecule has 0 bridgehead atoms. The molecule has 21 heavy (non-hydrogen) atoms. The van der Waals surface area contributed by atoms with Crippen LogP contribution in [-0.2, 0) is 6.54 Å². The van der Waals surface area contributed by atoms with E-state index in [1.807, 2.05) is 36.0 Å². The molecular weight excluding hydrogens is 266 g/mol. The van der Waals surface area contributed by atoms with Crippen molar-refractivity contribution in [2.45, 2.75) is 40.3 Å². The van der Waals surface area contributed by atoms with E-state index in [1.165, 1.54) is 0 Å². The van der Waals surface area contributed by atoms with E-state index in [9.17, 15) is 0 Å². The van der Waals surface area contributed by atoms with Crippen LogP contribution in [0.4, 0.5) is 5.82 Å². The maximum absolute atomic E-state index is 4.57. The molecule has 3 rings (SSSR count). The summed E-state index contributed by atoms with van der Waals surface area (Å²) in [6, 6.07) is 2.21. The first-order chi connectivity index (χ1) is 10.0. The summed E-state index contributed by atoms with van der Waals surface area (Å²) in [7, 11) is 0. The van der Waals surface area contributed by atoms with E-state index < -0.39 is 0 Å². The van der Waals surface area contributed by atoms with Crippen molar-refractivity contribution in [2.75, 3.05) is 5.32 Å². The van der Waals surface area contributed by atoms with Crippen molar-refractivity contribution in [2.24, 2.45) is 0 Å². The second kappa shape index (κ2) is 5.16. The van der Waals surface area contributed by atoms with Crippen LogP contribution in [0.3, 0.4) is 0 Å². The minimum Gasteiger partial charge on any atom is -0.366 e. The Labute approximate surface area is 123 Å². The van der Waals surface area contributed by atoms with Crippen molar-refractivity contribution in [1.29, 1.82) is 0 Å². The molecule has 0 aliphatic rings. The SMILES string of the molecule is Cc1cc(NC(C)Cn2cncn2)n2nc(C)c(C)c2n1. The van der Waals surface area contributed by atoms with Gasteiger partial charge in [-0.2, -0.15) is 14.7 Å². The van der Waals surface area contributed by atoms with Crippen LogP contribution < -0.4 is 5.32 Å². The molecule has 0 radical (unpaired) electrons. The maximum atomic E-state index is 4.57. The van der Waals surface area contributed by atoms with Crippen molar-refractivity contribution in [1.82, 2.24) is 29.4 Å². The lowest BCUT2D eigenvalue weighted by atomic mass is 10.3. The topological polar surface area (TPSA) is 72.9 Å². The number of nitrogens with one attached hydrogen (secondary N) is 1. The second-order valence-electron chi connectivity index (χ2n) is 5.39. The standard InChI is InChI=1S/C14H19N7/c1-9-5-13(17-10(2)6-20-8-15-7-16-20)21-14(18-9)11(3)12(4)19-21/h5,7-8,10,17H,6H2,1-4H3. The maximum Gasteiger partial charge on any atom is 0.160 e. The molecule has 0 aliphatic heterocycles. The lowest BCUT2D eigenvalue weighted by Crippen LogP contribution is -2.24. The minimum atomic E-state index is 0.196. The highest BCUT2D eigenvalue weighted by atomic mass is 15.3. The van der Waals surface area contributed by atoms with Gasteiger partial charge in [0.2, 0.25) is 0 Å². The van der Waals surface area contributed by atoms with Gasteiger partial charge in [-0.05, 0) is 27.7 Å². The molecule has 3 aromatic heterocycles. The first kappa shape index (κ1) is 13.5. The molecule has 1 atom stereocenters. The lowest BCUT2D eigenvalue weighted by molar-refractivity contribution is 0.557. The predicted molar refractivity (Wildman–Crippen MR) is 80.3 cm³/mol. The van der Waals surface area contributed by atoms with E-state index >= 15 is 0 Å². The summed E-state index contributed by atoms with van der Waals surface area (Å²) in [4.78, 5) is 8.53. The van der Waals surface area contributed by atoms with E-state index in [0.29, 0.717) is 0 Å². The zero-order chi connectivity index (χ0) is 15.0. The third kappa shape index (κ3) is 2.58. The number of aromatic nitrogens is 6. The quantitative estimate of drug-likeness (QED) is 0.790. The van der Waals surface area contributed by atoms with Gasteiger partial charge < -0.3 is 5.32 Å². The van der Waals surface area contributed by atoms with Crippen molar-refractivity contribution in [3.63, 3.8) is 0 Å². The van der Waals surface area contributed by atoms with Crippen LogP contribution in [0.2, 0.25) is 0 Å². The molecular formula is C14H19N7. The van der Waals surface area contributed by atoms with Crippen LogP contribution in [0, 0.1) is 20.8 Å². The van der Waals surface area contributed by atoms with Crippen molar-refractivity contribution in [3.05, 3.63) is 35.7 Å². The zero-order valence-electron chi connectivity index (χ0n) is 12.7. The molecule has 0 saturated carbocycles. The Hall–Kier alpha value is -2.44. The summed E-state index contributed by atoms with van der Waals surface area (Å²) >= 11 is 0. The smallest absolute Gasteiger partial charge is 0.160 e. The van der Waals surface area contributed by atoms with Gasteiger partial charge in [-0.1, -0.05) is 0 Å². The molecule has 7 heteroatoms. The van der Waals surface area contributed by atoms with Gasteiger partial charge in [0, 0.05) is 23.4 Å². The number of hydrogen-bond donors (Lipinski definition) is 1. The molecule has 0 spiro atoms. The second-order valence-corrected chi connectivity index (χ2v) is 5.39. The average Bonchev–Trinajstić information content (AvgIpc) is 3.01. The van der Waals surface area contributed by atoms with Crippen molar-refractivity contribution in [3.8, 4) is 0 Å². The molecule has 0 amide bonds. The van der Waals surface area contributed by atoms with Crippen molar-refractivity contribution >= 4 is 11.5 Å². The number of aryl methyl sites for hydroxylation is 3. The monoisotopic (exact) mass is 285 g/mol. The Balaban J connectivity index is 1.91. The number of anilines is 1. The summed E-state index contributed by atoms with van der Waals surface area (Å²) in [6.45, 7) is 8.89. The van der Waals surface area contributed by atoms with Gasteiger partial charge in [0.25, 0.3) is 0 Å². The predicted octanol–water partition coefficient (Wildman–Crippen LogP) is 1.75. The largest absolute Gasteiger partial charge is 0.366 e. The molecule has 110 valence electrons. The highest BCUT2D eigenvalue weighted by Gasteiger charge is 2.13. The van der Waals surface area contributed by atoms with E-state index in [-0.39, 0.29) is 6.04 Å². The highest BCUT2D eigenvalue weighted by molar-refractivity contribution is 5.56. The van der Waals surface area contributed by atoms with E-state index in [2.05, 4.69) is 32.4 Å². The van der Waals surface area contributed by atoms with Gasteiger partial charge in [-0.25, -0.2) is 9.97 Å². The summed E-state index contributed by atoms with van der Waals surface area (Å²) in [6.07, 6.45) is 3.26. The molecule has 3 aromatic rings. The van der Waals surface area contributed by atoms with E-state index in [4.69, 9.17) is 0 Å². The first-order valence-electron chi connectivity index (χ1n) is 6.97. The Bertz CT molecular complexity index is 757. The fraction of sp³-hybridized carbons (Fsp3) is 0.429. The van der Waals surface area contributed by atoms with E-state index in [1.54, 1.807) is 12.7 Å². The summed E-state index contributed by atoms with van der Waals surface area (Å²) in [5.74, 6) is 0.946. The third-order valence-electron chi connectivity index (χ3n) is 3.51. The zero-order valence-corrected chi connectivity index (χ0v) is 12.7. The molecule has 0 fully saturated rings. The number of hydrogen-bond acceptors (Lipinski definition) is 5. The van der Waals surface area contributed by atoms with Gasteiger partial charge in [0.1, 0.15) is 18.5 Å².